The van der Waals surface area contributed by atoms with E-state index in [9.17, 15) is 19.7 Å². The zero-order chi connectivity index (χ0) is 20.2. The zero-order valence-corrected chi connectivity index (χ0v) is 15.5. The van der Waals surface area contributed by atoms with Crippen molar-refractivity contribution in [1.82, 2.24) is 0 Å². The van der Waals surface area contributed by atoms with Crippen molar-refractivity contribution in [2.75, 3.05) is 6.54 Å². The molecule has 7 heteroatoms. The Morgan fingerprint density at radius 1 is 0.857 bits per heavy atom. The second-order valence-electron chi connectivity index (χ2n) is 6.32. The molecule has 0 saturated heterocycles. The lowest BCUT2D eigenvalue weighted by Crippen LogP contribution is -2.22. The summed E-state index contributed by atoms with van der Waals surface area (Å²) in [5, 5.41) is 10.7. The molecule has 0 aliphatic rings. The molecule has 2 rings (SSSR count). The summed E-state index contributed by atoms with van der Waals surface area (Å²) in [7, 11) is 0. The molecule has 0 N–H and O–H groups in total. The van der Waals surface area contributed by atoms with Gasteiger partial charge in [0.25, 0.3) is 0 Å². The van der Waals surface area contributed by atoms with E-state index < -0.39 is 22.8 Å². The Kier molecular flexibility index (Phi) is 8.65. The maximum Gasteiger partial charge on any atom is 0.309 e. The predicted molar refractivity (Wildman–Crippen MR) is 102 cm³/mol. The molecule has 0 radical (unpaired) electrons. The van der Waals surface area contributed by atoms with Gasteiger partial charge in [0, 0.05) is 17.8 Å². The van der Waals surface area contributed by atoms with Crippen LogP contribution in [0.25, 0.3) is 0 Å². The molecule has 0 heterocycles. The molecule has 0 amide bonds. The van der Waals surface area contributed by atoms with Gasteiger partial charge in [0.05, 0.1) is 5.92 Å². The number of carbonyl (C=O) groups is 2. The van der Waals surface area contributed by atoms with Crippen molar-refractivity contribution in [3.05, 3.63) is 81.9 Å². The molecule has 1 unspecified atom stereocenters. The SMILES string of the molecule is O=C(CCC(CC[N+](=O)[O-])C(=O)OCc1ccccc1)OCc1ccccc1. The van der Waals surface area contributed by atoms with Gasteiger partial charge in [-0.25, -0.2) is 0 Å². The first kappa shape index (κ1) is 21.1. The van der Waals surface area contributed by atoms with Gasteiger partial charge in [-0.05, 0) is 17.5 Å². The Balaban J connectivity index is 1.82. The van der Waals surface area contributed by atoms with E-state index in [1.54, 1.807) is 0 Å². The largest absolute Gasteiger partial charge is 0.461 e. The average molecular weight is 385 g/mol. The number of ether oxygens (including phenoxy) is 2. The van der Waals surface area contributed by atoms with Gasteiger partial charge in [0.1, 0.15) is 13.2 Å². The molecular formula is C21H23NO6. The minimum Gasteiger partial charge on any atom is -0.461 e. The number of benzene rings is 2. The van der Waals surface area contributed by atoms with Gasteiger partial charge in [-0.3, -0.25) is 19.7 Å². The number of carbonyl (C=O) groups excluding carboxylic acids is 2. The van der Waals surface area contributed by atoms with Crippen LogP contribution >= 0.6 is 0 Å². The molecule has 2 aromatic carbocycles. The number of hydrogen-bond donors (Lipinski definition) is 0. The molecule has 0 bridgehead atoms. The van der Waals surface area contributed by atoms with Crippen molar-refractivity contribution < 1.29 is 24.0 Å². The monoisotopic (exact) mass is 385 g/mol. The minimum atomic E-state index is -0.724. The number of hydrogen-bond acceptors (Lipinski definition) is 6. The van der Waals surface area contributed by atoms with E-state index in [4.69, 9.17) is 9.47 Å². The van der Waals surface area contributed by atoms with Crippen LogP contribution in [0.15, 0.2) is 60.7 Å². The summed E-state index contributed by atoms with van der Waals surface area (Å²) < 4.78 is 10.5. The fraction of sp³-hybridized carbons (Fsp3) is 0.333. The first-order valence-electron chi connectivity index (χ1n) is 9.06. The van der Waals surface area contributed by atoms with Crippen molar-refractivity contribution in [2.24, 2.45) is 5.92 Å². The van der Waals surface area contributed by atoms with Crippen LogP contribution in [0.4, 0.5) is 0 Å². The summed E-state index contributed by atoms with van der Waals surface area (Å²) in [6.45, 7) is -0.116. The molecule has 7 nitrogen and oxygen atoms in total. The van der Waals surface area contributed by atoms with Crippen molar-refractivity contribution in [3.63, 3.8) is 0 Å². The normalized spacial score (nSPS) is 11.4. The summed E-state index contributed by atoms with van der Waals surface area (Å²) in [6.07, 6.45) is 0.164. The summed E-state index contributed by atoms with van der Waals surface area (Å²) in [4.78, 5) is 34.5. The molecule has 0 aliphatic carbocycles. The van der Waals surface area contributed by atoms with Crippen LogP contribution in [-0.4, -0.2) is 23.4 Å². The van der Waals surface area contributed by atoms with Gasteiger partial charge in [-0.1, -0.05) is 60.7 Å². The third-order valence-corrected chi connectivity index (χ3v) is 4.16. The highest BCUT2D eigenvalue weighted by molar-refractivity contribution is 5.74. The second kappa shape index (κ2) is 11.5. The van der Waals surface area contributed by atoms with E-state index in [2.05, 4.69) is 0 Å². The van der Waals surface area contributed by atoms with Gasteiger partial charge in [-0.2, -0.15) is 0 Å². The van der Waals surface area contributed by atoms with Crippen LogP contribution in [0, 0.1) is 16.0 Å². The lowest BCUT2D eigenvalue weighted by atomic mass is 9.99. The highest BCUT2D eigenvalue weighted by atomic mass is 16.6. The summed E-state index contributed by atoms with van der Waals surface area (Å²) >= 11 is 0. The molecular weight excluding hydrogens is 362 g/mol. The van der Waals surface area contributed by atoms with Gasteiger partial charge < -0.3 is 9.47 Å². The zero-order valence-electron chi connectivity index (χ0n) is 15.5. The van der Waals surface area contributed by atoms with Crippen molar-refractivity contribution in [1.29, 1.82) is 0 Å². The lowest BCUT2D eigenvalue weighted by molar-refractivity contribution is -0.481. The van der Waals surface area contributed by atoms with Gasteiger partial charge in [-0.15, -0.1) is 0 Å². The van der Waals surface area contributed by atoms with Crippen LogP contribution < -0.4 is 0 Å². The van der Waals surface area contributed by atoms with E-state index in [0.29, 0.717) is 0 Å². The molecule has 0 spiro atoms. The number of nitro groups is 1. The number of nitrogens with zero attached hydrogens (tertiary/aromatic N) is 1. The van der Waals surface area contributed by atoms with Crippen LogP contribution in [-0.2, 0) is 32.3 Å². The first-order valence-corrected chi connectivity index (χ1v) is 9.06. The molecule has 0 saturated carbocycles. The fourth-order valence-electron chi connectivity index (χ4n) is 2.59. The Bertz CT molecular complexity index is 763. The average Bonchev–Trinajstić information content (AvgIpc) is 2.72. The van der Waals surface area contributed by atoms with E-state index >= 15 is 0 Å². The Morgan fingerprint density at radius 3 is 1.93 bits per heavy atom. The molecule has 148 valence electrons. The van der Waals surface area contributed by atoms with E-state index in [0.717, 1.165) is 11.1 Å². The van der Waals surface area contributed by atoms with Crippen molar-refractivity contribution in [3.8, 4) is 0 Å². The Morgan fingerprint density at radius 2 is 1.39 bits per heavy atom. The highest BCUT2D eigenvalue weighted by Gasteiger charge is 2.23. The van der Waals surface area contributed by atoms with E-state index in [-0.39, 0.29) is 39.0 Å². The van der Waals surface area contributed by atoms with Crippen LogP contribution in [0.5, 0.6) is 0 Å². The van der Waals surface area contributed by atoms with Crippen LogP contribution in [0.3, 0.4) is 0 Å². The molecule has 28 heavy (non-hydrogen) atoms. The van der Waals surface area contributed by atoms with E-state index in [1.165, 1.54) is 0 Å². The topological polar surface area (TPSA) is 95.7 Å². The standard InChI is InChI=1S/C21H23NO6/c23-20(27-15-17-7-3-1-4-8-17)12-11-19(13-14-22(25)26)21(24)28-16-18-9-5-2-6-10-18/h1-10,19H,11-16H2. The van der Waals surface area contributed by atoms with Gasteiger partial charge in [0.2, 0.25) is 6.54 Å². The van der Waals surface area contributed by atoms with Crippen LogP contribution in [0.1, 0.15) is 30.4 Å². The summed E-state index contributed by atoms with van der Waals surface area (Å²) in [5.74, 6) is -1.72. The Labute approximate surface area is 163 Å². The first-order chi connectivity index (χ1) is 13.5. The predicted octanol–water partition coefficient (Wildman–Crippen LogP) is 3.54. The third kappa shape index (κ3) is 7.99. The number of rotatable bonds is 11. The Hall–Kier alpha value is -3.22. The second-order valence-corrected chi connectivity index (χ2v) is 6.32. The fourth-order valence-corrected chi connectivity index (χ4v) is 2.59. The van der Waals surface area contributed by atoms with Crippen molar-refractivity contribution in [2.45, 2.75) is 32.5 Å². The highest BCUT2D eigenvalue weighted by Crippen LogP contribution is 2.16. The van der Waals surface area contributed by atoms with E-state index in [1.807, 2.05) is 60.7 Å². The third-order valence-electron chi connectivity index (χ3n) is 4.16. The smallest absolute Gasteiger partial charge is 0.309 e. The molecule has 0 aromatic heterocycles. The maximum atomic E-state index is 12.3. The molecule has 1 atom stereocenters. The molecule has 0 aliphatic heterocycles. The maximum absolute atomic E-state index is 12.3. The minimum absolute atomic E-state index is 0.00431. The van der Waals surface area contributed by atoms with Crippen molar-refractivity contribution >= 4 is 11.9 Å². The molecule has 0 fully saturated rings. The molecule has 2 aromatic rings. The summed E-state index contributed by atoms with van der Waals surface area (Å²) in [5.41, 5.74) is 1.69. The number of esters is 2. The summed E-state index contributed by atoms with van der Waals surface area (Å²) in [6, 6.07) is 18.4. The lowest BCUT2D eigenvalue weighted by Gasteiger charge is -2.14. The van der Waals surface area contributed by atoms with Gasteiger partial charge in [0.15, 0.2) is 0 Å². The quantitative estimate of drug-likeness (QED) is 0.333. The van der Waals surface area contributed by atoms with Crippen LogP contribution in [0.2, 0.25) is 0 Å². The van der Waals surface area contributed by atoms with Gasteiger partial charge >= 0.3 is 11.9 Å².